The number of aromatic amines is 1. The van der Waals surface area contributed by atoms with E-state index in [9.17, 15) is 9.18 Å². The van der Waals surface area contributed by atoms with Crippen LogP contribution >= 0.6 is 11.3 Å². The zero-order chi connectivity index (χ0) is 28.8. The third kappa shape index (κ3) is 6.08. The highest BCUT2D eigenvalue weighted by Gasteiger charge is 2.30. The fourth-order valence-corrected chi connectivity index (χ4v) is 5.71. The topological polar surface area (TPSA) is 118 Å². The number of nitrogens with two attached hydrogens (primary N) is 1. The molecule has 0 aliphatic carbocycles. The number of rotatable bonds is 11. The van der Waals surface area contributed by atoms with E-state index in [-0.39, 0.29) is 48.7 Å². The van der Waals surface area contributed by atoms with Gasteiger partial charge in [-0.25, -0.2) is 13.8 Å². The van der Waals surface area contributed by atoms with Crippen LogP contribution in [0, 0.1) is 5.92 Å². The summed E-state index contributed by atoms with van der Waals surface area (Å²) < 4.78 is 40.4. The maximum Gasteiger partial charge on any atom is 0.222 e. The summed E-state index contributed by atoms with van der Waals surface area (Å²) in [7, 11) is 3.17. The molecule has 0 bridgehead atoms. The average molecular weight is 573 g/mol. The van der Waals surface area contributed by atoms with Gasteiger partial charge in [-0.1, -0.05) is 6.58 Å². The smallest absolute Gasteiger partial charge is 0.222 e. The van der Waals surface area contributed by atoms with Gasteiger partial charge in [-0.05, 0) is 37.3 Å². The number of halogens is 2. The number of anilines is 1. The lowest BCUT2D eigenvalue weighted by molar-refractivity contribution is -0.125. The van der Waals surface area contributed by atoms with Crippen molar-refractivity contribution in [3.63, 3.8) is 0 Å². The maximum atomic E-state index is 15.6. The molecule has 40 heavy (non-hydrogen) atoms. The molecular weight excluding hydrogens is 538 g/mol. The number of carbonyl (C=O) groups excluding carboxylic acids is 1. The third-order valence-corrected chi connectivity index (χ3v) is 7.80. The number of ether oxygens (including phenoxy) is 2. The zero-order valence-corrected chi connectivity index (χ0v) is 23.6. The van der Waals surface area contributed by atoms with Crippen molar-refractivity contribution in [1.82, 2.24) is 20.5 Å². The van der Waals surface area contributed by atoms with Crippen molar-refractivity contribution in [3.8, 4) is 11.4 Å². The summed E-state index contributed by atoms with van der Waals surface area (Å²) in [6, 6.07) is 3.37. The molecule has 1 atom stereocenters. The number of aromatic nitrogens is 3. The second kappa shape index (κ2) is 13.2. The lowest BCUT2D eigenvalue weighted by Crippen LogP contribution is -2.40. The van der Waals surface area contributed by atoms with Gasteiger partial charge >= 0.3 is 0 Å². The summed E-state index contributed by atoms with van der Waals surface area (Å²) in [6.07, 6.45) is 2.20. The summed E-state index contributed by atoms with van der Waals surface area (Å²) in [5, 5.41) is 12.8. The molecule has 3 aromatic rings. The molecule has 0 radical (unpaired) electrons. The maximum absolute atomic E-state index is 15.6. The predicted octanol–water partition coefficient (Wildman–Crippen LogP) is 5.01. The molecule has 0 unspecified atom stereocenters. The first-order valence-corrected chi connectivity index (χ1v) is 13.9. The number of allylic oxidation sites excluding steroid dienone is 3. The minimum absolute atomic E-state index is 0.00694. The van der Waals surface area contributed by atoms with Crippen LogP contribution in [-0.2, 0) is 14.3 Å². The fraction of sp³-hybridized carbons (Fsp3) is 0.393. The molecule has 1 saturated heterocycles. The lowest BCUT2D eigenvalue weighted by Gasteiger charge is -2.33. The number of amides is 1. The number of nitrogens with zero attached hydrogens (tertiary/aromatic N) is 3. The summed E-state index contributed by atoms with van der Waals surface area (Å²) in [5.74, 6) is -0.205. The van der Waals surface area contributed by atoms with Gasteiger partial charge in [0.2, 0.25) is 5.91 Å². The lowest BCUT2D eigenvalue weighted by atomic mass is 9.95. The van der Waals surface area contributed by atoms with Crippen molar-refractivity contribution in [2.24, 2.45) is 11.7 Å². The summed E-state index contributed by atoms with van der Waals surface area (Å²) in [4.78, 5) is 19.4. The molecule has 0 saturated carbocycles. The van der Waals surface area contributed by atoms with Crippen LogP contribution in [0.2, 0.25) is 0 Å². The van der Waals surface area contributed by atoms with E-state index in [0.717, 1.165) is 11.5 Å². The molecule has 1 aliphatic rings. The largest absolute Gasteiger partial charge is 0.491 e. The van der Waals surface area contributed by atoms with Gasteiger partial charge in [-0.3, -0.25) is 9.89 Å². The summed E-state index contributed by atoms with van der Waals surface area (Å²) in [5.41, 5.74) is 7.92. The van der Waals surface area contributed by atoms with E-state index in [4.69, 9.17) is 20.2 Å². The monoisotopic (exact) mass is 572 g/mol. The van der Waals surface area contributed by atoms with Crippen molar-refractivity contribution < 1.29 is 23.0 Å². The molecule has 9 nitrogen and oxygen atoms in total. The van der Waals surface area contributed by atoms with Crippen LogP contribution in [0.25, 0.3) is 27.0 Å². The Balaban J connectivity index is 1.92. The van der Waals surface area contributed by atoms with Gasteiger partial charge in [0.1, 0.15) is 35.4 Å². The van der Waals surface area contributed by atoms with Gasteiger partial charge in [-0.15, -0.1) is 11.3 Å². The van der Waals surface area contributed by atoms with Crippen LogP contribution in [-0.4, -0.2) is 61.5 Å². The molecule has 12 heteroatoms. The number of carbonyl (C=O) groups is 1. The van der Waals surface area contributed by atoms with Gasteiger partial charge in [0.05, 0.1) is 24.2 Å². The number of nitrogens with one attached hydrogen (secondary N) is 2. The first kappa shape index (κ1) is 29.4. The first-order valence-electron chi connectivity index (χ1n) is 13.0. The van der Waals surface area contributed by atoms with Crippen molar-refractivity contribution >= 4 is 38.7 Å². The molecule has 3 aromatic heterocycles. The molecule has 4 heterocycles. The van der Waals surface area contributed by atoms with E-state index in [1.807, 2.05) is 18.4 Å². The van der Waals surface area contributed by atoms with E-state index in [1.165, 1.54) is 18.4 Å². The second-order valence-electron chi connectivity index (χ2n) is 9.48. The molecule has 1 amide bonds. The van der Waals surface area contributed by atoms with E-state index < -0.39 is 5.83 Å². The quantitative estimate of drug-likeness (QED) is 0.168. The second-order valence-corrected chi connectivity index (χ2v) is 10.4. The highest BCUT2D eigenvalue weighted by Crippen LogP contribution is 2.44. The minimum atomic E-state index is -0.871. The standard InChI is InChI=1S/C28H34F2N6O3S/c1-16(31)21-15-22(35-34-21)25-24(23(20(30)5-9-29)17(2)39-13-12-38-4)26-19(8-14-40-26)27(33-25)36-10-6-18(7-11-36)28(37)32-3/h5,8-9,14-16,18H,2,6-7,10-13,31H2,1,3-4H3,(H,32,37)(H,34,35)/b9-5+,23-20-/t16-/m1/s1. The van der Waals surface area contributed by atoms with Crippen molar-refractivity contribution in [2.45, 2.75) is 25.8 Å². The molecule has 214 valence electrons. The Kier molecular flexibility index (Phi) is 9.67. The molecule has 4 rings (SSSR count). The summed E-state index contributed by atoms with van der Waals surface area (Å²) in [6.45, 7) is 7.40. The number of hydrogen-bond acceptors (Lipinski definition) is 8. The Labute approximate surface area is 235 Å². The normalized spacial score (nSPS) is 15.9. The van der Waals surface area contributed by atoms with Crippen molar-refractivity contribution in [1.29, 1.82) is 0 Å². The Morgan fingerprint density at radius 1 is 1.40 bits per heavy atom. The van der Waals surface area contributed by atoms with Gasteiger partial charge in [-0.2, -0.15) is 5.10 Å². The van der Waals surface area contributed by atoms with Crippen LogP contribution in [0.5, 0.6) is 0 Å². The van der Waals surface area contributed by atoms with Gasteiger partial charge in [0.25, 0.3) is 0 Å². The SMILES string of the molecule is C=C(OCCOC)/C(=C(F)\C=C\F)c1c(-c2cc([C@@H](C)N)[nH]n2)nc(N2CCC(C(=O)NC)CC2)c2ccsc12. The number of fused-ring (bicyclic) bond motifs is 1. The van der Waals surface area contributed by atoms with E-state index in [1.54, 1.807) is 13.1 Å². The molecule has 4 N–H and O–H groups in total. The van der Waals surface area contributed by atoms with Crippen LogP contribution < -0.4 is 16.0 Å². The molecule has 0 aromatic carbocycles. The highest BCUT2D eigenvalue weighted by atomic mass is 32.1. The molecule has 1 fully saturated rings. The third-order valence-electron chi connectivity index (χ3n) is 6.87. The first-order chi connectivity index (χ1) is 19.3. The molecular formula is C28H34F2N6O3S. The van der Waals surface area contributed by atoms with Gasteiger partial charge in [0, 0.05) is 60.9 Å². The number of methoxy groups -OCH3 is 1. The van der Waals surface area contributed by atoms with E-state index in [2.05, 4.69) is 27.0 Å². The van der Waals surface area contributed by atoms with E-state index >= 15 is 4.39 Å². The van der Waals surface area contributed by atoms with Crippen LogP contribution in [0.1, 0.15) is 37.1 Å². The predicted molar refractivity (Wildman–Crippen MR) is 154 cm³/mol. The van der Waals surface area contributed by atoms with Gasteiger partial charge < -0.3 is 25.4 Å². The molecule has 1 aliphatic heterocycles. The number of H-pyrrole nitrogens is 1. The average Bonchev–Trinajstić information content (AvgIpc) is 3.64. The van der Waals surface area contributed by atoms with Gasteiger partial charge in [0.15, 0.2) is 0 Å². The Morgan fingerprint density at radius 3 is 2.77 bits per heavy atom. The zero-order valence-electron chi connectivity index (χ0n) is 22.8. The van der Waals surface area contributed by atoms with Crippen LogP contribution in [0.4, 0.5) is 14.6 Å². The van der Waals surface area contributed by atoms with E-state index in [0.29, 0.717) is 59.1 Å². The number of pyridine rings is 1. The Bertz CT molecular complexity index is 1420. The Morgan fingerprint density at radius 2 is 2.15 bits per heavy atom. The van der Waals surface area contributed by atoms with Crippen LogP contribution in [0.15, 0.2) is 48.1 Å². The fourth-order valence-electron chi connectivity index (χ4n) is 4.77. The number of piperidine rings is 1. The number of thiophene rings is 1. The number of hydrogen-bond donors (Lipinski definition) is 3. The van der Waals surface area contributed by atoms with Crippen molar-refractivity contribution in [3.05, 3.63) is 59.3 Å². The van der Waals surface area contributed by atoms with Crippen LogP contribution in [0.3, 0.4) is 0 Å². The Hall–Kier alpha value is -3.61. The molecule has 0 spiro atoms. The minimum Gasteiger partial charge on any atom is -0.491 e. The summed E-state index contributed by atoms with van der Waals surface area (Å²) >= 11 is 1.40. The van der Waals surface area contributed by atoms with Crippen molar-refractivity contribution in [2.75, 3.05) is 45.4 Å². The highest BCUT2D eigenvalue weighted by molar-refractivity contribution is 7.17.